The van der Waals surface area contributed by atoms with Crippen LogP contribution in [0.4, 0.5) is 0 Å². The summed E-state index contributed by atoms with van der Waals surface area (Å²) in [5.74, 6) is 2.20. The fourth-order valence-corrected chi connectivity index (χ4v) is 2.63. The van der Waals surface area contributed by atoms with Gasteiger partial charge in [0.05, 0.1) is 7.11 Å². The lowest BCUT2D eigenvalue weighted by molar-refractivity contribution is 0.284. The largest absolute Gasteiger partial charge is 0.493 e. The number of hydrogen-bond donors (Lipinski definition) is 1. The molecule has 0 saturated carbocycles. The summed E-state index contributed by atoms with van der Waals surface area (Å²) in [6.45, 7) is 8.19. The van der Waals surface area contributed by atoms with Gasteiger partial charge in [-0.3, -0.25) is 0 Å². The molecule has 0 spiro atoms. The zero-order chi connectivity index (χ0) is 17.4. The van der Waals surface area contributed by atoms with Crippen LogP contribution in [0.2, 0.25) is 0 Å². The van der Waals surface area contributed by atoms with Crippen molar-refractivity contribution in [3.05, 3.63) is 59.7 Å². The molecule has 0 aromatic heterocycles. The van der Waals surface area contributed by atoms with Crippen molar-refractivity contribution in [2.45, 2.75) is 39.8 Å². The van der Waals surface area contributed by atoms with E-state index >= 15 is 0 Å². The summed E-state index contributed by atoms with van der Waals surface area (Å²) < 4.78 is 11.5. The predicted molar refractivity (Wildman–Crippen MR) is 99.6 cm³/mol. The molecule has 1 atom stereocenters. The Bertz CT molecular complexity index is 610. The molecule has 2 aromatic carbocycles. The van der Waals surface area contributed by atoms with Crippen LogP contribution >= 0.6 is 0 Å². The molecule has 1 N–H and O–H groups in total. The van der Waals surface area contributed by atoms with E-state index in [0.717, 1.165) is 30.0 Å². The smallest absolute Gasteiger partial charge is 0.161 e. The number of rotatable bonds is 9. The van der Waals surface area contributed by atoms with Crippen LogP contribution in [0.1, 0.15) is 44.4 Å². The lowest BCUT2D eigenvalue weighted by atomic mass is 10.0. The van der Waals surface area contributed by atoms with Gasteiger partial charge in [-0.15, -0.1) is 0 Å². The molecule has 2 aromatic rings. The van der Waals surface area contributed by atoms with Crippen LogP contribution in [0.3, 0.4) is 0 Å². The Labute approximate surface area is 146 Å². The van der Waals surface area contributed by atoms with Crippen LogP contribution in [0.15, 0.2) is 48.5 Å². The maximum atomic E-state index is 5.94. The van der Waals surface area contributed by atoms with E-state index in [4.69, 9.17) is 9.47 Å². The topological polar surface area (TPSA) is 30.5 Å². The lowest BCUT2D eigenvalue weighted by Crippen LogP contribution is -2.25. The Morgan fingerprint density at radius 3 is 2.38 bits per heavy atom. The van der Waals surface area contributed by atoms with Crippen molar-refractivity contribution in [2.24, 2.45) is 5.92 Å². The van der Waals surface area contributed by atoms with Crippen molar-refractivity contribution < 1.29 is 9.47 Å². The second-order valence-corrected chi connectivity index (χ2v) is 6.45. The molecule has 3 nitrogen and oxygen atoms in total. The molecular weight excluding hydrogens is 298 g/mol. The highest BCUT2D eigenvalue weighted by atomic mass is 16.5. The summed E-state index contributed by atoms with van der Waals surface area (Å²) in [6.07, 6.45) is 1.04. The first kappa shape index (κ1) is 18.3. The number of ether oxygens (including phenoxy) is 2. The van der Waals surface area contributed by atoms with Gasteiger partial charge in [0.25, 0.3) is 0 Å². The summed E-state index contributed by atoms with van der Waals surface area (Å²) >= 11 is 0. The van der Waals surface area contributed by atoms with Gasteiger partial charge >= 0.3 is 0 Å². The summed E-state index contributed by atoms with van der Waals surface area (Å²) in [5.41, 5.74) is 2.38. The normalized spacial score (nSPS) is 12.2. The Hall–Kier alpha value is -2.00. The van der Waals surface area contributed by atoms with E-state index in [1.807, 2.05) is 24.3 Å². The standard InChI is InChI=1S/C21H29NO2/c1-5-19(22-14-16(2)3)18-11-12-20(21(13-18)23-4)24-15-17-9-7-6-8-10-17/h6-13,16,19,22H,5,14-15H2,1-4H3/t19-/m0/s1. The van der Waals surface area contributed by atoms with Crippen molar-refractivity contribution in [2.75, 3.05) is 13.7 Å². The van der Waals surface area contributed by atoms with Gasteiger partial charge in [0, 0.05) is 6.04 Å². The number of benzene rings is 2. The van der Waals surface area contributed by atoms with Gasteiger partial charge < -0.3 is 14.8 Å². The van der Waals surface area contributed by atoms with E-state index in [2.05, 4.69) is 50.4 Å². The fourth-order valence-electron chi connectivity index (χ4n) is 2.63. The van der Waals surface area contributed by atoms with Crippen LogP contribution in [0.25, 0.3) is 0 Å². The highest BCUT2D eigenvalue weighted by Crippen LogP contribution is 2.31. The van der Waals surface area contributed by atoms with Gasteiger partial charge in [-0.05, 0) is 42.1 Å². The molecule has 0 fully saturated rings. The molecule has 2 rings (SSSR count). The molecule has 0 aliphatic rings. The SMILES string of the molecule is CC[C@H](NCC(C)C)c1ccc(OCc2ccccc2)c(OC)c1. The quantitative estimate of drug-likeness (QED) is 0.705. The minimum atomic E-state index is 0.337. The van der Waals surface area contributed by atoms with Gasteiger partial charge in [0.1, 0.15) is 6.61 Å². The van der Waals surface area contributed by atoms with E-state index in [-0.39, 0.29) is 0 Å². The highest BCUT2D eigenvalue weighted by molar-refractivity contribution is 5.44. The van der Waals surface area contributed by atoms with Crippen molar-refractivity contribution in [3.8, 4) is 11.5 Å². The van der Waals surface area contributed by atoms with Crippen molar-refractivity contribution in [1.82, 2.24) is 5.32 Å². The Kier molecular flexibility index (Phi) is 7.13. The second-order valence-electron chi connectivity index (χ2n) is 6.45. The second kappa shape index (κ2) is 9.33. The van der Waals surface area contributed by atoms with E-state index in [9.17, 15) is 0 Å². The first-order valence-corrected chi connectivity index (χ1v) is 8.72. The first-order valence-electron chi connectivity index (χ1n) is 8.72. The number of hydrogen-bond acceptors (Lipinski definition) is 3. The number of nitrogens with one attached hydrogen (secondary N) is 1. The van der Waals surface area contributed by atoms with E-state index in [1.165, 1.54) is 5.56 Å². The van der Waals surface area contributed by atoms with Crippen molar-refractivity contribution >= 4 is 0 Å². The van der Waals surface area contributed by atoms with Crippen LogP contribution in [-0.4, -0.2) is 13.7 Å². The molecule has 0 aliphatic carbocycles. The van der Waals surface area contributed by atoms with Crippen LogP contribution in [-0.2, 0) is 6.61 Å². The maximum absolute atomic E-state index is 5.94. The molecule has 0 saturated heterocycles. The van der Waals surface area contributed by atoms with Gasteiger partial charge in [-0.2, -0.15) is 0 Å². The zero-order valence-electron chi connectivity index (χ0n) is 15.2. The molecule has 130 valence electrons. The molecule has 24 heavy (non-hydrogen) atoms. The third kappa shape index (κ3) is 5.27. The van der Waals surface area contributed by atoms with E-state index in [0.29, 0.717) is 18.6 Å². The number of methoxy groups -OCH3 is 1. The molecule has 0 unspecified atom stereocenters. The third-order valence-corrected chi connectivity index (χ3v) is 4.01. The molecular formula is C21H29NO2. The molecule has 3 heteroatoms. The van der Waals surface area contributed by atoms with Crippen LogP contribution in [0.5, 0.6) is 11.5 Å². The monoisotopic (exact) mass is 327 g/mol. The first-order chi connectivity index (χ1) is 11.6. The zero-order valence-corrected chi connectivity index (χ0v) is 15.2. The average Bonchev–Trinajstić information content (AvgIpc) is 2.61. The van der Waals surface area contributed by atoms with Gasteiger partial charge in [-0.25, -0.2) is 0 Å². The third-order valence-electron chi connectivity index (χ3n) is 4.01. The van der Waals surface area contributed by atoms with Gasteiger partial charge in [0.15, 0.2) is 11.5 Å². The molecule has 0 aliphatic heterocycles. The van der Waals surface area contributed by atoms with E-state index in [1.54, 1.807) is 7.11 Å². The minimum Gasteiger partial charge on any atom is -0.493 e. The fraction of sp³-hybridized carbons (Fsp3) is 0.429. The minimum absolute atomic E-state index is 0.337. The van der Waals surface area contributed by atoms with Gasteiger partial charge in [0.2, 0.25) is 0 Å². The summed E-state index contributed by atoms with van der Waals surface area (Å²) in [7, 11) is 1.69. The Morgan fingerprint density at radius 1 is 1.00 bits per heavy atom. The lowest BCUT2D eigenvalue weighted by Gasteiger charge is -2.20. The van der Waals surface area contributed by atoms with Crippen molar-refractivity contribution in [3.63, 3.8) is 0 Å². The summed E-state index contributed by atoms with van der Waals surface area (Å²) in [6, 6.07) is 16.7. The predicted octanol–water partition coefficient (Wildman–Crippen LogP) is 4.97. The highest BCUT2D eigenvalue weighted by Gasteiger charge is 2.13. The summed E-state index contributed by atoms with van der Waals surface area (Å²) in [5, 5.41) is 3.62. The van der Waals surface area contributed by atoms with E-state index < -0.39 is 0 Å². The molecule has 0 bridgehead atoms. The maximum Gasteiger partial charge on any atom is 0.161 e. The summed E-state index contributed by atoms with van der Waals surface area (Å²) in [4.78, 5) is 0. The molecule has 0 radical (unpaired) electrons. The van der Waals surface area contributed by atoms with Crippen LogP contribution in [0, 0.1) is 5.92 Å². The van der Waals surface area contributed by atoms with Gasteiger partial charge in [-0.1, -0.05) is 57.2 Å². The van der Waals surface area contributed by atoms with Crippen LogP contribution < -0.4 is 14.8 Å². The molecule has 0 heterocycles. The Morgan fingerprint density at radius 2 is 1.75 bits per heavy atom. The Balaban J connectivity index is 2.08. The average molecular weight is 327 g/mol. The molecule has 0 amide bonds. The van der Waals surface area contributed by atoms with Crippen molar-refractivity contribution in [1.29, 1.82) is 0 Å².